The quantitative estimate of drug-likeness (QED) is 0.773. The van der Waals surface area contributed by atoms with Gasteiger partial charge < -0.3 is 20.1 Å². The van der Waals surface area contributed by atoms with Crippen LogP contribution in [0.4, 0.5) is 0 Å². The molecule has 0 unspecified atom stereocenters. The average molecular weight is 365 g/mol. The molecule has 2 aromatic carbocycles. The van der Waals surface area contributed by atoms with Gasteiger partial charge in [0.25, 0.3) is 5.91 Å². The highest BCUT2D eigenvalue weighted by Crippen LogP contribution is 2.23. The van der Waals surface area contributed by atoms with E-state index in [2.05, 4.69) is 22.8 Å². The van der Waals surface area contributed by atoms with E-state index in [1.54, 1.807) is 7.11 Å². The minimum atomic E-state index is -0.700. The van der Waals surface area contributed by atoms with E-state index in [1.807, 2.05) is 30.3 Å². The molecular weight excluding hydrogens is 340 g/mol. The lowest BCUT2D eigenvalue weighted by molar-refractivity contribution is -0.146. The zero-order chi connectivity index (χ0) is 16.8. The Balaban J connectivity index is 0.00000225. The van der Waals surface area contributed by atoms with Crippen LogP contribution >= 0.6 is 12.4 Å². The fourth-order valence-electron chi connectivity index (χ4n) is 3.11. The van der Waals surface area contributed by atoms with E-state index in [4.69, 9.17) is 9.47 Å². The SMILES string of the molecule is COC1(C(=O)NCCOc2ccc3ccccc3c2)CCNCC1.Cl. The van der Waals surface area contributed by atoms with Gasteiger partial charge in [0, 0.05) is 7.11 Å². The molecule has 1 aliphatic rings. The van der Waals surface area contributed by atoms with Gasteiger partial charge in [-0.15, -0.1) is 12.4 Å². The number of carbonyl (C=O) groups excluding carboxylic acids is 1. The van der Waals surface area contributed by atoms with E-state index in [0.717, 1.165) is 24.2 Å². The molecule has 0 saturated carbocycles. The van der Waals surface area contributed by atoms with Crippen molar-refractivity contribution >= 4 is 29.1 Å². The number of hydrogen-bond donors (Lipinski definition) is 2. The maximum atomic E-state index is 12.4. The second-order valence-corrected chi connectivity index (χ2v) is 6.06. The fraction of sp³-hybridized carbons (Fsp3) is 0.421. The normalized spacial score (nSPS) is 16.0. The van der Waals surface area contributed by atoms with Gasteiger partial charge in [0.05, 0.1) is 6.54 Å². The number of amides is 1. The van der Waals surface area contributed by atoms with Crippen molar-refractivity contribution in [3.05, 3.63) is 42.5 Å². The molecule has 0 aromatic heterocycles. The molecule has 0 bridgehead atoms. The molecule has 1 amide bonds. The van der Waals surface area contributed by atoms with Crippen LogP contribution in [0.2, 0.25) is 0 Å². The fourth-order valence-corrected chi connectivity index (χ4v) is 3.11. The first kappa shape index (κ1) is 19.5. The highest BCUT2D eigenvalue weighted by molar-refractivity contribution is 5.86. The Bertz CT molecular complexity index is 702. The van der Waals surface area contributed by atoms with Crippen molar-refractivity contribution in [3.63, 3.8) is 0 Å². The van der Waals surface area contributed by atoms with Crippen LogP contribution in [-0.2, 0) is 9.53 Å². The topological polar surface area (TPSA) is 59.6 Å². The molecule has 136 valence electrons. The van der Waals surface area contributed by atoms with Gasteiger partial charge in [-0.2, -0.15) is 0 Å². The van der Waals surface area contributed by atoms with Gasteiger partial charge >= 0.3 is 0 Å². The van der Waals surface area contributed by atoms with Crippen LogP contribution < -0.4 is 15.4 Å². The molecule has 2 aromatic rings. The summed E-state index contributed by atoms with van der Waals surface area (Å²) < 4.78 is 11.3. The second-order valence-electron chi connectivity index (χ2n) is 6.06. The van der Waals surface area contributed by atoms with Crippen molar-refractivity contribution in [1.82, 2.24) is 10.6 Å². The molecule has 1 fully saturated rings. The zero-order valence-electron chi connectivity index (χ0n) is 14.4. The van der Waals surface area contributed by atoms with Crippen LogP contribution in [0.5, 0.6) is 5.75 Å². The molecule has 0 spiro atoms. The van der Waals surface area contributed by atoms with Crippen molar-refractivity contribution in [2.24, 2.45) is 0 Å². The Morgan fingerprint density at radius 1 is 1.16 bits per heavy atom. The van der Waals surface area contributed by atoms with Crippen LogP contribution in [0.1, 0.15) is 12.8 Å². The summed E-state index contributed by atoms with van der Waals surface area (Å²) in [4.78, 5) is 12.4. The van der Waals surface area contributed by atoms with Gasteiger partial charge in [-0.3, -0.25) is 4.79 Å². The number of benzene rings is 2. The van der Waals surface area contributed by atoms with Gasteiger partial charge in [-0.05, 0) is 48.8 Å². The number of halogens is 1. The van der Waals surface area contributed by atoms with E-state index in [0.29, 0.717) is 26.0 Å². The summed E-state index contributed by atoms with van der Waals surface area (Å²) in [5.74, 6) is 0.764. The van der Waals surface area contributed by atoms with Crippen molar-refractivity contribution in [1.29, 1.82) is 0 Å². The molecule has 0 atom stereocenters. The first-order chi connectivity index (χ1) is 11.7. The summed E-state index contributed by atoms with van der Waals surface area (Å²) in [6, 6.07) is 14.2. The first-order valence-electron chi connectivity index (χ1n) is 8.39. The van der Waals surface area contributed by atoms with E-state index in [-0.39, 0.29) is 18.3 Å². The Labute approximate surface area is 154 Å². The molecule has 5 nitrogen and oxygen atoms in total. The van der Waals surface area contributed by atoms with E-state index in [1.165, 1.54) is 5.39 Å². The predicted molar refractivity (Wildman–Crippen MR) is 102 cm³/mol. The summed E-state index contributed by atoms with van der Waals surface area (Å²) in [6.07, 6.45) is 1.39. The van der Waals surface area contributed by atoms with Gasteiger partial charge in [-0.1, -0.05) is 30.3 Å². The standard InChI is InChI=1S/C19H24N2O3.ClH/c1-23-19(8-10-20-11-9-19)18(22)21-12-13-24-17-7-6-15-4-2-3-5-16(15)14-17;/h2-7,14,20H,8-13H2,1H3,(H,21,22);1H. The van der Waals surface area contributed by atoms with Gasteiger partial charge in [0.2, 0.25) is 0 Å². The summed E-state index contributed by atoms with van der Waals surface area (Å²) in [5, 5.41) is 8.51. The van der Waals surface area contributed by atoms with Gasteiger partial charge in [0.15, 0.2) is 0 Å². The van der Waals surface area contributed by atoms with Gasteiger partial charge in [0.1, 0.15) is 18.0 Å². The van der Waals surface area contributed by atoms with Crippen LogP contribution in [-0.4, -0.2) is 44.9 Å². The van der Waals surface area contributed by atoms with Crippen molar-refractivity contribution in [2.75, 3.05) is 33.4 Å². The maximum absolute atomic E-state index is 12.4. The number of fused-ring (bicyclic) bond motifs is 1. The summed E-state index contributed by atoms with van der Waals surface area (Å²) >= 11 is 0. The number of rotatable bonds is 6. The Morgan fingerprint density at radius 2 is 1.88 bits per heavy atom. The molecule has 1 aliphatic heterocycles. The summed E-state index contributed by atoms with van der Waals surface area (Å²) in [7, 11) is 1.61. The third-order valence-electron chi connectivity index (χ3n) is 4.59. The molecular formula is C19H25ClN2O3. The molecule has 1 heterocycles. The van der Waals surface area contributed by atoms with E-state index >= 15 is 0 Å². The molecule has 6 heteroatoms. The number of ether oxygens (including phenoxy) is 2. The smallest absolute Gasteiger partial charge is 0.252 e. The Kier molecular flexibility index (Phi) is 7.05. The lowest BCUT2D eigenvalue weighted by Crippen LogP contribution is -2.54. The van der Waals surface area contributed by atoms with Crippen LogP contribution in [0, 0.1) is 0 Å². The molecule has 2 N–H and O–H groups in total. The first-order valence-corrected chi connectivity index (χ1v) is 8.39. The highest BCUT2D eigenvalue weighted by atomic mass is 35.5. The summed E-state index contributed by atoms with van der Waals surface area (Å²) in [5.41, 5.74) is -0.700. The van der Waals surface area contributed by atoms with E-state index in [9.17, 15) is 4.79 Å². The van der Waals surface area contributed by atoms with Crippen LogP contribution in [0.15, 0.2) is 42.5 Å². The number of hydrogen-bond acceptors (Lipinski definition) is 4. The van der Waals surface area contributed by atoms with Crippen LogP contribution in [0.3, 0.4) is 0 Å². The number of methoxy groups -OCH3 is 1. The third kappa shape index (κ3) is 4.63. The Hall–Kier alpha value is -1.82. The zero-order valence-corrected chi connectivity index (χ0v) is 15.2. The number of nitrogens with one attached hydrogen (secondary N) is 2. The van der Waals surface area contributed by atoms with Crippen molar-refractivity contribution in [3.8, 4) is 5.75 Å². The molecule has 25 heavy (non-hydrogen) atoms. The number of piperidine rings is 1. The van der Waals surface area contributed by atoms with Gasteiger partial charge in [-0.25, -0.2) is 0 Å². The minimum Gasteiger partial charge on any atom is -0.492 e. The Morgan fingerprint density at radius 3 is 2.60 bits per heavy atom. The van der Waals surface area contributed by atoms with Crippen molar-refractivity contribution < 1.29 is 14.3 Å². The minimum absolute atomic E-state index is 0. The molecule has 1 saturated heterocycles. The lowest BCUT2D eigenvalue weighted by Gasteiger charge is -2.34. The third-order valence-corrected chi connectivity index (χ3v) is 4.59. The monoisotopic (exact) mass is 364 g/mol. The van der Waals surface area contributed by atoms with E-state index < -0.39 is 5.60 Å². The maximum Gasteiger partial charge on any atom is 0.252 e. The molecule has 3 rings (SSSR count). The number of carbonyl (C=O) groups is 1. The highest BCUT2D eigenvalue weighted by Gasteiger charge is 2.39. The largest absolute Gasteiger partial charge is 0.492 e. The predicted octanol–water partition coefficient (Wildman–Crippen LogP) is 2.53. The molecule has 0 aliphatic carbocycles. The average Bonchev–Trinajstić information content (AvgIpc) is 2.65. The second kappa shape index (κ2) is 9.04. The van der Waals surface area contributed by atoms with Crippen molar-refractivity contribution in [2.45, 2.75) is 18.4 Å². The lowest BCUT2D eigenvalue weighted by atomic mass is 9.91. The summed E-state index contributed by atoms with van der Waals surface area (Å²) in [6.45, 7) is 2.50. The molecule has 0 radical (unpaired) electrons. The van der Waals surface area contributed by atoms with Crippen LogP contribution in [0.25, 0.3) is 10.8 Å².